The molecule has 0 aromatic carbocycles. The molecule has 8 atom stereocenters. The molecule has 0 radical (unpaired) electrons. The van der Waals surface area contributed by atoms with Gasteiger partial charge in [-0.2, -0.15) is 0 Å². The Hall–Kier alpha value is -7.06. The minimum Gasteiger partial charge on any atom is -0.480 e. The van der Waals surface area contributed by atoms with Crippen LogP contribution in [0.5, 0.6) is 0 Å². The van der Waals surface area contributed by atoms with Crippen molar-refractivity contribution in [1.29, 1.82) is 0 Å². The molecule has 436 valence electrons. The Morgan fingerprint density at radius 3 is 1.44 bits per heavy atom. The van der Waals surface area contributed by atoms with Crippen LogP contribution in [0.2, 0.25) is 0 Å². The predicted molar refractivity (Wildman–Crippen MR) is 292 cm³/mol. The van der Waals surface area contributed by atoms with Gasteiger partial charge in [0.15, 0.2) is 11.9 Å². The number of nitrogens with zero attached hydrogens (tertiary/aromatic N) is 3. The molecule has 0 saturated heterocycles. The van der Waals surface area contributed by atoms with Crippen LogP contribution in [-0.2, 0) is 49.6 Å². The van der Waals surface area contributed by atoms with E-state index in [2.05, 4.69) is 62.5 Å². The van der Waals surface area contributed by atoms with Crippen LogP contribution in [0.1, 0.15) is 145 Å². The summed E-state index contributed by atoms with van der Waals surface area (Å²) in [5.41, 5.74) is 28.0. The third-order valence-electron chi connectivity index (χ3n) is 12.1. The first-order valence-electron chi connectivity index (χ1n) is 26.7. The minimum absolute atomic E-state index is 0.00110. The molecule has 0 bridgehead atoms. The minimum atomic E-state index is -1.35. The van der Waals surface area contributed by atoms with Crippen molar-refractivity contribution < 1.29 is 48.3 Å². The highest BCUT2D eigenvalue weighted by Gasteiger charge is 2.36. The van der Waals surface area contributed by atoms with E-state index in [0.717, 1.165) is 0 Å². The van der Waals surface area contributed by atoms with Crippen molar-refractivity contribution in [2.45, 2.75) is 194 Å². The Labute approximate surface area is 452 Å². The van der Waals surface area contributed by atoms with Gasteiger partial charge in [0.1, 0.15) is 48.3 Å². The lowest BCUT2D eigenvalue weighted by Gasteiger charge is -2.29. The fourth-order valence-corrected chi connectivity index (χ4v) is 7.93. The first kappa shape index (κ1) is 68.0. The second-order valence-electron chi connectivity index (χ2n) is 20.4. The molecular formula is C50H91N17O10. The molecule has 0 saturated carbocycles. The number of guanidine groups is 2. The Balaban J connectivity index is 3.56. The van der Waals surface area contributed by atoms with Gasteiger partial charge in [0.2, 0.25) is 47.3 Å². The first-order chi connectivity index (χ1) is 36.3. The summed E-state index contributed by atoms with van der Waals surface area (Å²) in [7, 11) is 0. The maximum atomic E-state index is 14.5. The summed E-state index contributed by atoms with van der Waals surface area (Å²) in [5, 5.41) is 31.5. The average Bonchev–Trinajstić information content (AvgIpc) is 3.86. The quantitative estimate of drug-likeness (QED) is 0.0203. The highest BCUT2D eigenvalue weighted by molar-refractivity contribution is 5.98. The number of unbranched alkanes of at least 4 members (excludes halogenated alkanes) is 2. The molecular weight excluding hydrogens is 999 g/mol. The summed E-state index contributed by atoms with van der Waals surface area (Å²) in [5.74, 6) is -7.74. The maximum Gasteiger partial charge on any atom is 0.326 e. The summed E-state index contributed by atoms with van der Waals surface area (Å²) in [4.78, 5) is 138. The fourth-order valence-electron chi connectivity index (χ4n) is 7.93. The number of imidazole rings is 1. The monoisotopic (exact) mass is 1090 g/mol. The van der Waals surface area contributed by atoms with Crippen LogP contribution in [0.15, 0.2) is 22.5 Å². The van der Waals surface area contributed by atoms with E-state index in [1.165, 1.54) is 19.4 Å². The molecule has 1 heterocycles. The summed E-state index contributed by atoms with van der Waals surface area (Å²) < 4.78 is 0. The standard InChI is InChI=1S/C50H91N17O10/c1-9-10-15-34(44(72)67-40(30(6)7)47(75)66-38(24-29(4)5)45(73)64-37(48(76)77)18-14-23-58-50(54)55)61-42(70)35(17-13-22-57-49(52)53)62-46(74)39(25-32-26-56-27-59-32)65-43(71)36(20-19-28(2)3)63-41(69)33(60-31(8)68)16-11-12-21-51/h26-30,33-40H,9-25,51H2,1-8H3,(H,56,59)(H,60,68)(H,61,70)(H,62,74)(H,63,69)(H,64,73)(H,65,71)(H,66,75)(H,67,72)(H,76,77)(H4,52,53,57)(H4,54,55,58)/t33-,34-,35-,36?,37-,38-,39-,40-/m0/s1. The topological polar surface area (TPSA) is 454 Å². The highest BCUT2D eigenvalue weighted by Crippen LogP contribution is 2.14. The van der Waals surface area contributed by atoms with Gasteiger partial charge in [-0.3, -0.25) is 48.3 Å². The molecule has 0 aliphatic rings. The van der Waals surface area contributed by atoms with Crippen molar-refractivity contribution in [2.24, 2.45) is 56.4 Å². The largest absolute Gasteiger partial charge is 0.480 e. The molecule has 0 aliphatic carbocycles. The number of carbonyl (C=O) groups is 9. The molecule has 1 unspecified atom stereocenters. The summed E-state index contributed by atoms with van der Waals surface area (Å²) in [6, 6.07) is -9.74. The van der Waals surface area contributed by atoms with Crippen LogP contribution >= 0.6 is 0 Å². The van der Waals surface area contributed by atoms with Gasteiger partial charge in [-0.1, -0.05) is 61.3 Å². The van der Waals surface area contributed by atoms with Crippen molar-refractivity contribution >= 4 is 65.1 Å². The number of hydrogen-bond donors (Lipinski definition) is 15. The van der Waals surface area contributed by atoms with Gasteiger partial charge in [0, 0.05) is 38.3 Å². The van der Waals surface area contributed by atoms with Crippen LogP contribution in [0.25, 0.3) is 0 Å². The van der Waals surface area contributed by atoms with Crippen LogP contribution in [0, 0.1) is 17.8 Å². The van der Waals surface area contributed by atoms with Crippen LogP contribution in [0.4, 0.5) is 0 Å². The summed E-state index contributed by atoms with van der Waals surface area (Å²) >= 11 is 0. The Bertz CT molecular complexity index is 2080. The molecule has 0 spiro atoms. The molecule has 1 rings (SSSR count). The molecule has 1 aromatic rings. The van der Waals surface area contributed by atoms with Crippen LogP contribution in [-0.4, -0.2) is 148 Å². The first-order valence-corrected chi connectivity index (χ1v) is 26.7. The number of aliphatic carboxylic acids is 1. The second-order valence-corrected chi connectivity index (χ2v) is 20.4. The Morgan fingerprint density at radius 1 is 0.545 bits per heavy atom. The number of hydrogen-bond acceptors (Lipinski definition) is 13. The normalized spacial score (nSPS) is 14.3. The molecule has 77 heavy (non-hydrogen) atoms. The molecule has 8 amide bonds. The fraction of sp³-hybridized carbons (Fsp3) is 0.720. The number of carbonyl (C=O) groups excluding carboxylic acids is 8. The zero-order chi connectivity index (χ0) is 58.2. The van der Waals surface area contributed by atoms with E-state index in [4.69, 9.17) is 28.7 Å². The van der Waals surface area contributed by atoms with Gasteiger partial charge in [0.05, 0.1) is 6.33 Å². The zero-order valence-corrected chi connectivity index (χ0v) is 46.4. The number of carboxylic acids is 1. The van der Waals surface area contributed by atoms with E-state index in [1.54, 1.807) is 13.8 Å². The molecule has 0 aliphatic heterocycles. The molecule has 27 nitrogen and oxygen atoms in total. The van der Waals surface area contributed by atoms with Gasteiger partial charge in [-0.25, -0.2) is 9.78 Å². The predicted octanol–water partition coefficient (Wildman–Crippen LogP) is -1.50. The SMILES string of the molecule is CCCC[C@H](NC(=O)[C@H](CCCN=C(N)N)NC(=O)[C@H](Cc1cnc[nH]1)NC(=O)C(CCC(C)C)NC(=O)[C@H](CCCCN)NC(C)=O)C(=O)N[C@H](C(=O)N[C@@H](CC(C)C)C(=O)N[C@@H](CCCN=C(N)N)C(=O)O)C(C)C. The maximum absolute atomic E-state index is 14.5. The van der Waals surface area contributed by atoms with Gasteiger partial charge in [-0.05, 0) is 94.9 Å². The number of aromatic nitrogens is 2. The smallest absolute Gasteiger partial charge is 0.326 e. The van der Waals surface area contributed by atoms with Gasteiger partial charge in [0.25, 0.3) is 0 Å². The van der Waals surface area contributed by atoms with Crippen molar-refractivity contribution in [3.63, 3.8) is 0 Å². The van der Waals surface area contributed by atoms with E-state index in [1.807, 2.05) is 34.6 Å². The third-order valence-corrected chi connectivity index (χ3v) is 12.1. The lowest BCUT2D eigenvalue weighted by atomic mass is 9.98. The summed E-state index contributed by atoms with van der Waals surface area (Å²) in [6.07, 6.45) is 6.52. The van der Waals surface area contributed by atoms with Crippen molar-refractivity contribution in [2.75, 3.05) is 19.6 Å². The van der Waals surface area contributed by atoms with Crippen molar-refractivity contribution in [1.82, 2.24) is 52.5 Å². The van der Waals surface area contributed by atoms with Gasteiger partial charge >= 0.3 is 5.97 Å². The molecule has 20 N–H and O–H groups in total. The second kappa shape index (κ2) is 36.8. The highest BCUT2D eigenvalue weighted by atomic mass is 16.4. The van der Waals surface area contributed by atoms with Gasteiger partial charge < -0.3 is 81.3 Å². The number of rotatable bonds is 39. The lowest BCUT2D eigenvalue weighted by molar-refractivity contribution is -0.142. The van der Waals surface area contributed by atoms with Crippen molar-refractivity contribution in [3.05, 3.63) is 18.2 Å². The molecule has 1 aromatic heterocycles. The van der Waals surface area contributed by atoms with Crippen molar-refractivity contribution in [3.8, 4) is 0 Å². The lowest BCUT2D eigenvalue weighted by Crippen LogP contribution is -2.61. The Morgan fingerprint density at radius 2 is 0.987 bits per heavy atom. The van der Waals surface area contributed by atoms with Crippen LogP contribution < -0.4 is 71.2 Å². The number of aliphatic imine (C=N–C) groups is 2. The number of nitrogens with two attached hydrogens (primary N) is 5. The van der Waals surface area contributed by atoms with E-state index in [-0.39, 0.29) is 94.6 Å². The summed E-state index contributed by atoms with van der Waals surface area (Å²) in [6.45, 7) is 14.6. The third kappa shape index (κ3) is 28.6. The number of carboxylic acid groups (broad SMARTS) is 1. The van der Waals surface area contributed by atoms with E-state index in [0.29, 0.717) is 44.3 Å². The van der Waals surface area contributed by atoms with E-state index < -0.39 is 107 Å². The Kier molecular flexibility index (Phi) is 32.5. The molecule has 27 heteroatoms. The average molecular weight is 1090 g/mol. The number of aromatic amines is 1. The number of amides is 8. The molecule has 0 fully saturated rings. The van der Waals surface area contributed by atoms with Crippen LogP contribution in [0.3, 0.4) is 0 Å². The number of H-pyrrole nitrogens is 1. The number of nitrogens with one attached hydrogen (secondary N) is 9. The van der Waals surface area contributed by atoms with E-state index >= 15 is 0 Å². The zero-order valence-electron chi connectivity index (χ0n) is 46.4. The van der Waals surface area contributed by atoms with Gasteiger partial charge in [-0.15, -0.1) is 0 Å². The van der Waals surface area contributed by atoms with E-state index in [9.17, 15) is 48.3 Å².